The van der Waals surface area contributed by atoms with Crippen LogP contribution in [-0.2, 0) is 6.54 Å². The van der Waals surface area contributed by atoms with Gasteiger partial charge in [-0.2, -0.15) is 9.78 Å². The number of anilines is 1. The Morgan fingerprint density at radius 3 is 2.35 bits per heavy atom. The predicted molar refractivity (Wildman–Crippen MR) is 145 cm³/mol. The summed E-state index contributed by atoms with van der Waals surface area (Å²) in [6, 6.07) is 18.1. The lowest BCUT2D eigenvalue weighted by atomic mass is 10.1. The van der Waals surface area contributed by atoms with Crippen molar-refractivity contribution < 1.29 is 14.7 Å². The monoisotopic (exact) mass is 554 g/mol. The summed E-state index contributed by atoms with van der Waals surface area (Å²) < 4.78 is 1.33. The van der Waals surface area contributed by atoms with Crippen LogP contribution in [0.2, 0.25) is 15.1 Å². The molecule has 10 heteroatoms. The van der Waals surface area contributed by atoms with Crippen molar-refractivity contribution in [3.63, 3.8) is 0 Å². The number of phenols is 1. The third kappa shape index (κ3) is 5.44. The Bertz CT molecular complexity index is 1490. The van der Waals surface area contributed by atoms with Gasteiger partial charge in [-0.3, -0.25) is 4.79 Å². The average Bonchev–Trinajstić information content (AvgIpc) is 3.62. The van der Waals surface area contributed by atoms with Crippen LogP contribution in [0.15, 0.2) is 66.7 Å². The summed E-state index contributed by atoms with van der Waals surface area (Å²) in [6.45, 7) is 0.245. The lowest BCUT2D eigenvalue weighted by molar-refractivity contribution is 0.102. The fraction of sp³-hybridized carbons (Fsp3) is 0.148. The van der Waals surface area contributed by atoms with E-state index in [1.165, 1.54) is 10.7 Å². The number of aromatic nitrogens is 2. The fourth-order valence-electron chi connectivity index (χ4n) is 3.97. The second-order valence-electron chi connectivity index (χ2n) is 8.67. The predicted octanol–water partition coefficient (Wildman–Crippen LogP) is 7.10. The third-order valence-electron chi connectivity index (χ3n) is 6.03. The minimum atomic E-state index is -0.490. The van der Waals surface area contributed by atoms with E-state index in [-0.39, 0.29) is 33.8 Å². The number of halogens is 3. The Hall–Kier alpha value is -3.52. The van der Waals surface area contributed by atoms with E-state index in [1.807, 2.05) is 18.2 Å². The van der Waals surface area contributed by atoms with Crippen LogP contribution in [0.25, 0.3) is 11.3 Å². The van der Waals surface area contributed by atoms with Crippen molar-refractivity contribution in [2.24, 2.45) is 0 Å². The number of phenolic OH excluding ortho intramolecular Hbond substituents is 1. The summed E-state index contributed by atoms with van der Waals surface area (Å²) in [7, 11) is 0. The molecule has 0 atom stereocenters. The summed E-state index contributed by atoms with van der Waals surface area (Å²) in [5, 5.41) is 21.7. The van der Waals surface area contributed by atoms with Crippen molar-refractivity contribution >= 4 is 52.4 Å². The molecule has 1 aliphatic carbocycles. The van der Waals surface area contributed by atoms with Crippen molar-refractivity contribution in [1.82, 2.24) is 15.1 Å². The lowest BCUT2D eigenvalue weighted by Gasteiger charge is -2.10. The zero-order valence-corrected chi connectivity index (χ0v) is 21.6. The summed E-state index contributed by atoms with van der Waals surface area (Å²) in [4.78, 5) is 25.9. The molecular formula is C27H21Cl3N4O3. The van der Waals surface area contributed by atoms with Crippen molar-refractivity contribution in [3.8, 4) is 17.0 Å². The summed E-state index contributed by atoms with van der Waals surface area (Å²) in [6.07, 6.45) is 1.90. The van der Waals surface area contributed by atoms with Gasteiger partial charge >= 0.3 is 6.03 Å². The van der Waals surface area contributed by atoms with Gasteiger partial charge in [0.05, 0.1) is 27.0 Å². The van der Waals surface area contributed by atoms with Crippen LogP contribution >= 0.6 is 34.8 Å². The van der Waals surface area contributed by atoms with Gasteiger partial charge in [0.25, 0.3) is 5.91 Å². The molecule has 2 amide bonds. The van der Waals surface area contributed by atoms with E-state index in [0.29, 0.717) is 22.0 Å². The van der Waals surface area contributed by atoms with Gasteiger partial charge < -0.3 is 15.7 Å². The van der Waals surface area contributed by atoms with Crippen LogP contribution in [-0.4, -0.2) is 26.8 Å². The molecule has 3 N–H and O–H groups in total. The molecule has 1 saturated carbocycles. The molecule has 0 bridgehead atoms. The number of benzene rings is 3. The number of hydrogen-bond donors (Lipinski definition) is 3. The fourth-order valence-corrected chi connectivity index (χ4v) is 4.75. The van der Waals surface area contributed by atoms with Gasteiger partial charge in [0.1, 0.15) is 5.75 Å². The molecule has 1 aromatic heterocycles. The molecule has 3 aromatic carbocycles. The molecule has 0 aliphatic heterocycles. The molecule has 5 rings (SSSR count). The maximum Gasteiger partial charge on any atom is 0.342 e. The maximum absolute atomic E-state index is 13.0. The number of hydrogen-bond acceptors (Lipinski definition) is 4. The van der Waals surface area contributed by atoms with E-state index in [4.69, 9.17) is 34.8 Å². The first kappa shape index (κ1) is 25.1. The second kappa shape index (κ2) is 10.5. The SMILES string of the molecule is O=C(Nc1ccc(O)c(-c2cc(C3CC3)n(C(=O)NCc3ccccc3Cl)n2)c1)c1c(Cl)cccc1Cl. The van der Waals surface area contributed by atoms with Gasteiger partial charge in [-0.15, -0.1) is 0 Å². The Kier molecular flexibility index (Phi) is 7.11. The van der Waals surface area contributed by atoms with Gasteiger partial charge in [0.15, 0.2) is 0 Å². The zero-order chi connectivity index (χ0) is 26.1. The molecule has 1 heterocycles. The highest BCUT2D eigenvalue weighted by Crippen LogP contribution is 2.42. The number of aromatic hydroxyl groups is 1. The van der Waals surface area contributed by atoms with E-state index in [9.17, 15) is 14.7 Å². The Balaban J connectivity index is 1.41. The molecule has 4 aromatic rings. The third-order valence-corrected chi connectivity index (χ3v) is 7.03. The number of nitrogens with zero attached hydrogens (tertiary/aromatic N) is 2. The molecule has 0 spiro atoms. The molecule has 188 valence electrons. The van der Waals surface area contributed by atoms with Gasteiger partial charge in [-0.1, -0.05) is 59.1 Å². The molecular weight excluding hydrogens is 535 g/mol. The van der Waals surface area contributed by atoms with E-state index in [1.54, 1.807) is 42.5 Å². The number of nitrogens with one attached hydrogen (secondary N) is 2. The topological polar surface area (TPSA) is 96.2 Å². The number of carbonyl (C=O) groups is 2. The van der Waals surface area contributed by atoms with Gasteiger partial charge in [-0.25, -0.2) is 4.79 Å². The Labute approximate surface area is 228 Å². The number of rotatable bonds is 6. The quantitative estimate of drug-likeness (QED) is 0.221. The van der Waals surface area contributed by atoms with Gasteiger partial charge in [-0.05, 0) is 60.9 Å². The largest absolute Gasteiger partial charge is 0.507 e. The van der Waals surface area contributed by atoms with Gasteiger partial charge in [0, 0.05) is 28.7 Å². The number of amides is 2. The molecule has 1 fully saturated rings. The van der Waals surface area contributed by atoms with E-state index in [2.05, 4.69) is 15.7 Å². The minimum Gasteiger partial charge on any atom is -0.507 e. The minimum absolute atomic E-state index is 0.0442. The van der Waals surface area contributed by atoms with Crippen molar-refractivity contribution in [2.75, 3.05) is 5.32 Å². The zero-order valence-electron chi connectivity index (χ0n) is 19.3. The highest BCUT2D eigenvalue weighted by atomic mass is 35.5. The molecule has 0 saturated heterocycles. The van der Waals surface area contributed by atoms with Crippen molar-refractivity contribution in [3.05, 3.63) is 98.6 Å². The normalized spacial score (nSPS) is 12.8. The summed E-state index contributed by atoms with van der Waals surface area (Å²) in [5.74, 6) is -0.327. The van der Waals surface area contributed by atoms with Crippen LogP contribution in [0.3, 0.4) is 0 Å². The van der Waals surface area contributed by atoms with E-state index < -0.39 is 11.9 Å². The molecule has 7 nitrogen and oxygen atoms in total. The Morgan fingerprint density at radius 2 is 1.65 bits per heavy atom. The first-order valence-corrected chi connectivity index (χ1v) is 12.7. The molecule has 37 heavy (non-hydrogen) atoms. The molecule has 1 aliphatic rings. The van der Waals surface area contributed by atoms with E-state index in [0.717, 1.165) is 24.1 Å². The smallest absolute Gasteiger partial charge is 0.342 e. The van der Waals surface area contributed by atoms with Gasteiger partial charge in [0.2, 0.25) is 0 Å². The second-order valence-corrected chi connectivity index (χ2v) is 9.89. The average molecular weight is 556 g/mol. The van der Waals surface area contributed by atoms with Crippen molar-refractivity contribution in [1.29, 1.82) is 0 Å². The van der Waals surface area contributed by atoms with Crippen LogP contribution in [0.1, 0.15) is 40.4 Å². The summed E-state index contributed by atoms with van der Waals surface area (Å²) >= 11 is 18.5. The van der Waals surface area contributed by atoms with Crippen LogP contribution < -0.4 is 10.6 Å². The van der Waals surface area contributed by atoms with E-state index >= 15 is 0 Å². The molecule has 0 radical (unpaired) electrons. The number of carbonyl (C=O) groups excluding carboxylic acids is 2. The first-order valence-electron chi connectivity index (χ1n) is 11.5. The van der Waals surface area contributed by atoms with Crippen LogP contribution in [0.5, 0.6) is 5.75 Å². The van der Waals surface area contributed by atoms with Crippen LogP contribution in [0.4, 0.5) is 10.5 Å². The maximum atomic E-state index is 13.0. The van der Waals surface area contributed by atoms with Crippen molar-refractivity contribution in [2.45, 2.75) is 25.3 Å². The first-order chi connectivity index (χ1) is 17.8. The summed E-state index contributed by atoms with van der Waals surface area (Å²) in [5.41, 5.74) is 2.86. The highest BCUT2D eigenvalue weighted by molar-refractivity contribution is 6.40. The van der Waals surface area contributed by atoms with Crippen LogP contribution in [0, 0.1) is 0 Å². The lowest BCUT2D eigenvalue weighted by Crippen LogP contribution is -2.30. The highest BCUT2D eigenvalue weighted by Gasteiger charge is 2.31. The molecule has 0 unspecified atom stereocenters. The standard InChI is InChI=1S/C27H21Cl3N4O3/c28-19-5-2-1-4-16(19)14-31-27(37)34-23(15-8-9-15)13-22(33-34)18-12-17(10-11-24(18)35)32-26(36)25-20(29)6-3-7-21(25)30/h1-7,10-13,15,35H,8-9,14H2,(H,31,37)(H,32,36). The Morgan fingerprint density at radius 1 is 0.946 bits per heavy atom.